The maximum atomic E-state index is 13.3. The number of nitrogens with zero attached hydrogens (tertiary/aromatic N) is 2. The summed E-state index contributed by atoms with van der Waals surface area (Å²) in [5.41, 5.74) is 7.22. The van der Waals surface area contributed by atoms with Crippen molar-refractivity contribution >= 4 is 44.0 Å². The van der Waals surface area contributed by atoms with Gasteiger partial charge in [-0.05, 0) is 67.4 Å². The maximum Gasteiger partial charge on any atom is 0.344 e. The van der Waals surface area contributed by atoms with Crippen LogP contribution in [0.4, 0.5) is 21.9 Å². The summed E-state index contributed by atoms with van der Waals surface area (Å²) in [6.45, 7) is 4.44. The molecule has 0 saturated heterocycles. The number of ether oxygens (including phenoxy) is 1. The number of aryl methyl sites for hydroxylation is 1. The lowest BCUT2D eigenvalue weighted by atomic mass is 10.1. The minimum Gasteiger partial charge on any atom is -0.492 e. The van der Waals surface area contributed by atoms with E-state index in [2.05, 4.69) is 22.5 Å². The Morgan fingerprint density at radius 2 is 1.67 bits per heavy atom. The van der Waals surface area contributed by atoms with E-state index in [4.69, 9.17) is 4.74 Å². The Hall–Kier alpha value is -4.58. The number of hydrogen-bond acceptors (Lipinski definition) is 7. The molecule has 42 heavy (non-hydrogen) atoms. The molecule has 0 bridgehead atoms. The topological polar surface area (TPSA) is 145 Å². The second kappa shape index (κ2) is 13.9. The number of nitro benzene ring substituents is 1. The molecular weight excluding hydrogens is 558 g/mol. The first kappa shape index (κ1) is 30.4. The van der Waals surface area contributed by atoms with E-state index in [0.29, 0.717) is 34.6 Å². The molecule has 0 spiro atoms. The lowest BCUT2D eigenvalue weighted by Gasteiger charge is -2.15. The van der Waals surface area contributed by atoms with Gasteiger partial charge in [-0.25, -0.2) is 13.2 Å². The third kappa shape index (κ3) is 7.58. The van der Waals surface area contributed by atoms with Gasteiger partial charge in [0.1, 0.15) is 10.6 Å². The highest BCUT2D eigenvalue weighted by molar-refractivity contribution is 7.92. The number of nitro groups is 1. The lowest BCUT2D eigenvalue weighted by Crippen LogP contribution is -2.32. The average molecular weight is 594 g/mol. The normalized spacial score (nSPS) is 11.3. The van der Waals surface area contributed by atoms with Crippen LogP contribution in [-0.2, 0) is 10.0 Å². The smallest absolute Gasteiger partial charge is 0.344 e. The molecule has 222 valence electrons. The quantitative estimate of drug-likeness (QED) is 0.0812. The summed E-state index contributed by atoms with van der Waals surface area (Å²) in [4.78, 5) is 23.5. The van der Waals surface area contributed by atoms with Crippen molar-refractivity contribution in [2.45, 2.75) is 57.3 Å². The van der Waals surface area contributed by atoms with Crippen molar-refractivity contribution in [3.8, 4) is 5.75 Å². The van der Waals surface area contributed by atoms with Gasteiger partial charge in [0.25, 0.3) is 15.7 Å². The number of benzene rings is 3. The predicted octanol–water partition coefficient (Wildman–Crippen LogP) is 6.98. The van der Waals surface area contributed by atoms with Gasteiger partial charge in [0.2, 0.25) is 0 Å². The van der Waals surface area contributed by atoms with E-state index in [0.717, 1.165) is 24.8 Å². The monoisotopic (exact) mass is 593 g/mol. The van der Waals surface area contributed by atoms with Crippen LogP contribution in [0.25, 0.3) is 10.9 Å². The molecule has 1 amide bonds. The van der Waals surface area contributed by atoms with Gasteiger partial charge in [-0.3, -0.25) is 30.3 Å². The maximum absolute atomic E-state index is 13.3. The Labute approximate surface area is 245 Å². The summed E-state index contributed by atoms with van der Waals surface area (Å²) >= 11 is 0. The van der Waals surface area contributed by atoms with Crippen LogP contribution in [0.15, 0.2) is 77.8 Å². The Morgan fingerprint density at radius 3 is 2.40 bits per heavy atom. The van der Waals surface area contributed by atoms with Gasteiger partial charge in [0.15, 0.2) is 0 Å². The Kier molecular flexibility index (Phi) is 10.0. The molecule has 1 heterocycles. The second-order valence-electron chi connectivity index (χ2n) is 9.96. The summed E-state index contributed by atoms with van der Waals surface area (Å²) in [5, 5.41) is 11.6. The summed E-state index contributed by atoms with van der Waals surface area (Å²) in [5.74, 6) is 0.311. The van der Waals surface area contributed by atoms with E-state index >= 15 is 0 Å². The zero-order chi connectivity index (χ0) is 30.1. The zero-order valence-electron chi connectivity index (χ0n) is 23.6. The van der Waals surface area contributed by atoms with Gasteiger partial charge < -0.3 is 4.74 Å². The van der Waals surface area contributed by atoms with Crippen molar-refractivity contribution in [2.24, 2.45) is 0 Å². The van der Waals surface area contributed by atoms with E-state index in [-0.39, 0.29) is 10.6 Å². The molecule has 3 N–H and O–H groups in total. The van der Waals surface area contributed by atoms with Crippen LogP contribution < -0.4 is 20.3 Å². The van der Waals surface area contributed by atoms with Crippen molar-refractivity contribution in [2.75, 3.05) is 16.8 Å². The van der Waals surface area contributed by atoms with E-state index < -0.39 is 21.0 Å². The molecule has 12 heteroatoms. The van der Waals surface area contributed by atoms with Gasteiger partial charge in [0, 0.05) is 18.0 Å². The minimum atomic E-state index is -3.94. The van der Waals surface area contributed by atoms with Crippen LogP contribution in [0.2, 0.25) is 0 Å². The van der Waals surface area contributed by atoms with E-state index in [1.807, 2.05) is 13.0 Å². The summed E-state index contributed by atoms with van der Waals surface area (Å²) in [6.07, 6.45) is 8.09. The summed E-state index contributed by atoms with van der Waals surface area (Å²) in [7, 11) is -3.94. The van der Waals surface area contributed by atoms with E-state index in [9.17, 15) is 23.3 Å². The van der Waals surface area contributed by atoms with Gasteiger partial charge in [-0.1, -0.05) is 51.2 Å². The zero-order valence-corrected chi connectivity index (χ0v) is 24.4. The number of rotatable bonds is 14. The van der Waals surface area contributed by atoms with Crippen molar-refractivity contribution in [3.63, 3.8) is 0 Å². The molecule has 4 rings (SSSR count). The highest BCUT2D eigenvalue weighted by atomic mass is 32.2. The third-order valence-electron chi connectivity index (χ3n) is 6.72. The number of carbonyl (C=O) groups is 1. The van der Waals surface area contributed by atoms with Crippen LogP contribution in [-0.4, -0.2) is 30.5 Å². The SMILES string of the molecule is CCCCCCCCOc1ccc(C)cc1S(=O)(=O)Nc1ccc(NNC(=O)n2ccc3c([N+](=O)[O-])cccc32)cc1. The molecule has 11 nitrogen and oxygen atoms in total. The van der Waals surface area contributed by atoms with E-state index in [1.165, 1.54) is 48.2 Å². The van der Waals surface area contributed by atoms with Gasteiger partial charge in [-0.15, -0.1) is 0 Å². The molecule has 0 aliphatic heterocycles. The van der Waals surface area contributed by atoms with Crippen LogP contribution >= 0.6 is 0 Å². The first-order valence-electron chi connectivity index (χ1n) is 13.9. The third-order valence-corrected chi connectivity index (χ3v) is 8.12. The first-order chi connectivity index (χ1) is 20.2. The van der Waals surface area contributed by atoms with Gasteiger partial charge in [0.05, 0.1) is 28.1 Å². The molecular formula is C30H35N5O6S. The summed E-state index contributed by atoms with van der Waals surface area (Å²) in [6, 6.07) is 16.9. The average Bonchev–Trinajstić information content (AvgIpc) is 3.41. The Balaban J connectivity index is 1.36. The number of carbonyl (C=O) groups excluding carboxylic acids is 1. The van der Waals surface area contributed by atoms with Crippen molar-refractivity contribution in [3.05, 3.63) is 88.6 Å². The lowest BCUT2D eigenvalue weighted by molar-refractivity contribution is -0.383. The van der Waals surface area contributed by atoms with Gasteiger partial charge >= 0.3 is 6.03 Å². The number of amides is 1. The fourth-order valence-electron chi connectivity index (χ4n) is 4.51. The molecule has 3 aromatic carbocycles. The Morgan fingerprint density at radius 1 is 0.952 bits per heavy atom. The predicted molar refractivity (Wildman–Crippen MR) is 163 cm³/mol. The number of non-ortho nitro benzene ring substituents is 1. The highest BCUT2D eigenvalue weighted by Gasteiger charge is 2.21. The van der Waals surface area contributed by atoms with Crippen molar-refractivity contribution in [1.29, 1.82) is 0 Å². The number of hydrazine groups is 1. The molecule has 0 saturated carbocycles. The molecule has 0 aliphatic carbocycles. The summed E-state index contributed by atoms with van der Waals surface area (Å²) < 4.78 is 36.3. The van der Waals surface area contributed by atoms with Crippen LogP contribution in [0.3, 0.4) is 0 Å². The number of hydrogen-bond donors (Lipinski definition) is 3. The number of fused-ring (bicyclic) bond motifs is 1. The molecule has 0 atom stereocenters. The van der Waals surface area contributed by atoms with Crippen molar-refractivity contribution < 1.29 is 22.9 Å². The fraction of sp³-hybridized carbons (Fsp3) is 0.300. The largest absolute Gasteiger partial charge is 0.492 e. The molecule has 4 aromatic rings. The number of aromatic nitrogens is 1. The number of nitrogens with one attached hydrogen (secondary N) is 3. The number of anilines is 2. The molecule has 1 aromatic heterocycles. The Bertz CT molecular complexity index is 1650. The van der Waals surface area contributed by atoms with E-state index in [1.54, 1.807) is 42.5 Å². The number of unbranched alkanes of at least 4 members (excludes halogenated alkanes) is 5. The van der Waals surface area contributed by atoms with Gasteiger partial charge in [-0.2, -0.15) is 0 Å². The molecule has 0 unspecified atom stereocenters. The van der Waals surface area contributed by atoms with Crippen LogP contribution in [0.1, 0.15) is 51.0 Å². The van der Waals surface area contributed by atoms with Crippen molar-refractivity contribution in [1.82, 2.24) is 9.99 Å². The minimum absolute atomic E-state index is 0.0714. The highest BCUT2D eigenvalue weighted by Crippen LogP contribution is 2.28. The second-order valence-corrected chi connectivity index (χ2v) is 11.6. The first-order valence-corrected chi connectivity index (χ1v) is 15.3. The molecule has 0 radical (unpaired) electrons. The molecule has 0 aliphatic rings. The molecule has 0 fully saturated rings. The standard InChI is InChI=1S/C30H35N5O6S/c1-3-4-5-6-7-8-20-41-28-17-12-22(2)21-29(28)42(39,40)33-24-15-13-23(14-16-24)31-32-30(36)34-19-18-25-26(34)10-9-11-27(25)35(37)38/h9-19,21,31,33H,3-8,20H2,1-2H3,(H,32,36). The van der Waals surface area contributed by atoms with Crippen LogP contribution in [0.5, 0.6) is 5.75 Å². The number of sulfonamides is 1. The fourth-order valence-corrected chi connectivity index (χ4v) is 5.80. The van der Waals surface area contributed by atoms with Crippen LogP contribution in [0, 0.1) is 17.0 Å².